The summed E-state index contributed by atoms with van der Waals surface area (Å²) < 4.78 is 75.8. The van der Waals surface area contributed by atoms with Crippen LogP contribution in [0.1, 0.15) is 0 Å². The van der Waals surface area contributed by atoms with Crippen molar-refractivity contribution in [3.05, 3.63) is 40.9 Å². The maximum atomic E-state index is 12.8. The Labute approximate surface area is 167 Å². The van der Waals surface area contributed by atoms with E-state index in [4.69, 9.17) is 9.47 Å². The molecule has 2 rings (SSSR count). The maximum absolute atomic E-state index is 12.8. The van der Waals surface area contributed by atoms with Gasteiger partial charge in [0.25, 0.3) is 10.0 Å². The van der Waals surface area contributed by atoms with Crippen LogP contribution in [0.25, 0.3) is 0 Å². The molecule has 0 bridgehead atoms. The molecular formula is C16H15BrF3NO4S2. The van der Waals surface area contributed by atoms with E-state index in [0.29, 0.717) is 17.5 Å². The molecule has 0 saturated heterocycles. The molecule has 5 nitrogen and oxygen atoms in total. The SMILES string of the molecule is COc1cc(Br)c(S(=O)(=O)Nc2ccccc2SCC(F)(F)F)cc1OC. The second kappa shape index (κ2) is 8.61. The second-order valence-electron chi connectivity index (χ2n) is 5.14. The zero-order valence-corrected chi connectivity index (χ0v) is 17.4. The topological polar surface area (TPSA) is 64.6 Å². The number of nitrogens with one attached hydrogen (secondary N) is 1. The molecule has 0 atom stereocenters. The van der Waals surface area contributed by atoms with Crippen molar-refractivity contribution in [2.24, 2.45) is 0 Å². The normalized spacial score (nSPS) is 11.9. The molecule has 0 aliphatic rings. The van der Waals surface area contributed by atoms with E-state index < -0.39 is 22.0 Å². The minimum Gasteiger partial charge on any atom is -0.493 e. The first kappa shape index (κ1) is 21.7. The minimum absolute atomic E-state index is 0.0495. The number of halogens is 4. The van der Waals surface area contributed by atoms with Crippen LogP contribution < -0.4 is 14.2 Å². The maximum Gasteiger partial charge on any atom is 0.398 e. The lowest BCUT2D eigenvalue weighted by Gasteiger charge is -2.15. The molecule has 148 valence electrons. The van der Waals surface area contributed by atoms with Gasteiger partial charge in [0, 0.05) is 15.4 Å². The molecule has 0 radical (unpaired) electrons. The van der Waals surface area contributed by atoms with Crippen LogP contribution in [0.15, 0.2) is 50.7 Å². The molecular weight excluding hydrogens is 471 g/mol. The standard InChI is InChI=1S/C16H15BrF3NO4S2/c1-24-12-7-10(17)15(8-13(12)25-2)27(22,23)21-11-5-3-4-6-14(11)26-9-16(18,19)20/h3-8,21H,9H2,1-2H3. The number of anilines is 1. The highest BCUT2D eigenvalue weighted by atomic mass is 79.9. The Bertz CT molecular complexity index is 920. The molecule has 2 aromatic carbocycles. The van der Waals surface area contributed by atoms with E-state index in [1.54, 1.807) is 0 Å². The summed E-state index contributed by atoms with van der Waals surface area (Å²) in [5.41, 5.74) is 0.0495. The number of methoxy groups -OCH3 is 2. The molecule has 0 fully saturated rings. The third-order valence-electron chi connectivity index (χ3n) is 3.25. The van der Waals surface area contributed by atoms with Crippen molar-refractivity contribution < 1.29 is 31.1 Å². The molecule has 0 aromatic heterocycles. The fourth-order valence-corrected chi connectivity index (χ4v) is 5.03. The molecule has 0 spiro atoms. The van der Waals surface area contributed by atoms with Crippen molar-refractivity contribution in [2.45, 2.75) is 16.0 Å². The number of sulfonamides is 1. The van der Waals surface area contributed by atoms with Gasteiger partial charge >= 0.3 is 6.18 Å². The first-order valence-electron chi connectivity index (χ1n) is 7.30. The van der Waals surface area contributed by atoms with Crippen molar-refractivity contribution in [3.63, 3.8) is 0 Å². The first-order valence-corrected chi connectivity index (χ1v) is 10.6. The van der Waals surface area contributed by atoms with E-state index in [1.165, 1.54) is 50.6 Å². The van der Waals surface area contributed by atoms with Crippen LogP contribution in [-0.4, -0.2) is 34.6 Å². The summed E-state index contributed by atoms with van der Waals surface area (Å²) in [5.74, 6) is -0.614. The molecule has 0 heterocycles. The molecule has 2 aromatic rings. The molecule has 0 saturated carbocycles. The van der Waals surface area contributed by atoms with E-state index in [2.05, 4.69) is 20.7 Å². The number of hydrogen-bond donors (Lipinski definition) is 1. The monoisotopic (exact) mass is 485 g/mol. The van der Waals surface area contributed by atoms with E-state index in [9.17, 15) is 21.6 Å². The highest BCUT2D eigenvalue weighted by Crippen LogP contribution is 2.37. The summed E-state index contributed by atoms with van der Waals surface area (Å²) >= 11 is 3.67. The molecule has 1 N–H and O–H groups in total. The number of ether oxygens (including phenoxy) is 2. The molecule has 0 aliphatic heterocycles. The van der Waals surface area contributed by atoms with Gasteiger partial charge < -0.3 is 9.47 Å². The van der Waals surface area contributed by atoms with Crippen LogP contribution in [0.5, 0.6) is 11.5 Å². The van der Waals surface area contributed by atoms with Gasteiger partial charge in [-0.05, 0) is 34.1 Å². The number of hydrogen-bond acceptors (Lipinski definition) is 5. The Balaban J connectivity index is 2.38. The minimum atomic E-state index is -4.37. The predicted molar refractivity (Wildman–Crippen MR) is 101 cm³/mol. The van der Waals surface area contributed by atoms with Gasteiger partial charge in [0.2, 0.25) is 0 Å². The van der Waals surface area contributed by atoms with Gasteiger partial charge in [-0.25, -0.2) is 8.42 Å². The van der Waals surface area contributed by atoms with Crippen LogP contribution in [-0.2, 0) is 10.0 Å². The van der Waals surface area contributed by atoms with Gasteiger partial charge in [-0.15, -0.1) is 11.8 Å². The van der Waals surface area contributed by atoms with Gasteiger partial charge in [-0.2, -0.15) is 13.2 Å². The molecule has 0 unspecified atom stereocenters. The summed E-state index contributed by atoms with van der Waals surface area (Å²) in [7, 11) is -1.34. The second-order valence-corrected chi connectivity index (χ2v) is 8.67. The van der Waals surface area contributed by atoms with E-state index in [1.807, 2.05) is 0 Å². The lowest BCUT2D eigenvalue weighted by molar-refractivity contribution is -0.105. The van der Waals surface area contributed by atoms with Crippen molar-refractivity contribution in [1.82, 2.24) is 0 Å². The van der Waals surface area contributed by atoms with Gasteiger partial charge in [0.15, 0.2) is 11.5 Å². The quantitative estimate of drug-likeness (QED) is 0.563. The summed E-state index contributed by atoms with van der Waals surface area (Å²) in [6, 6.07) is 8.55. The predicted octanol–water partition coefficient (Wildman–Crippen LogP) is 4.92. The van der Waals surface area contributed by atoms with Crippen molar-refractivity contribution >= 4 is 43.4 Å². The van der Waals surface area contributed by atoms with Gasteiger partial charge in [0.1, 0.15) is 4.90 Å². The summed E-state index contributed by atoms with van der Waals surface area (Å²) in [6.07, 6.45) is -4.37. The fraction of sp³-hybridized carbons (Fsp3) is 0.250. The lowest BCUT2D eigenvalue weighted by atomic mass is 10.3. The van der Waals surface area contributed by atoms with Crippen molar-refractivity contribution in [1.29, 1.82) is 0 Å². The zero-order valence-electron chi connectivity index (χ0n) is 14.1. The number of para-hydroxylation sites is 1. The largest absolute Gasteiger partial charge is 0.493 e. The van der Waals surface area contributed by atoms with Gasteiger partial charge in [-0.3, -0.25) is 4.72 Å². The molecule has 0 aliphatic carbocycles. The zero-order chi connectivity index (χ0) is 20.2. The number of alkyl halides is 3. The average molecular weight is 486 g/mol. The van der Waals surface area contributed by atoms with Crippen LogP contribution in [0.2, 0.25) is 0 Å². The Morgan fingerprint density at radius 1 is 1.11 bits per heavy atom. The van der Waals surface area contributed by atoms with Crippen LogP contribution >= 0.6 is 27.7 Å². The van der Waals surface area contributed by atoms with E-state index in [0.717, 1.165) is 0 Å². The number of rotatable bonds is 7. The van der Waals surface area contributed by atoms with Gasteiger partial charge in [0.05, 0.1) is 25.7 Å². The van der Waals surface area contributed by atoms with Crippen LogP contribution in [0, 0.1) is 0 Å². The Kier molecular flexibility index (Phi) is 6.92. The average Bonchev–Trinajstić information content (AvgIpc) is 2.59. The summed E-state index contributed by atoms with van der Waals surface area (Å²) in [6.45, 7) is 0. The third-order valence-corrected chi connectivity index (χ3v) is 6.71. The Morgan fingerprint density at radius 2 is 1.70 bits per heavy atom. The lowest BCUT2D eigenvalue weighted by Crippen LogP contribution is -2.15. The van der Waals surface area contributed by atoms with Crippen LogP contribution in [0.4, 0.5) is 18.9 Å². The van der Waals surface area contributed by atoms with Crippen molar-refractivity contribution in [3.8, 4) is 11.5 Å². The van der Waals surface area contributed by atoms with Crippen LogP contribution in [0.3, 0.4) is 0 Å². The highest BCUT2D eigenvalue weighted by Gasteiger charge is 2.28. The molecule has 0 amide bonds. The Morgan fingerprint density at radius 3 is 2.30 bits per heavy atom. The van der Waals surface area contributed by atoms with E-state index >= 15 is 0 Å². The number of benzene rings is 2. The fourth-order valence-electron chi connectivity index (χ4n) is 2.08. The summed E-state index contributed by atoms with van der Waals surface area (Å²) in [4.78, 5) is 0.0192. The highest BCUT2D eigenvalue weighted by molar-refractivity contribution is 9.10. The van der Waals surface area contributed by atoms with E-state index in [-0.39, 0.29) is 25.7 Å². The van der Waals surface area contributed by atoms with Gasteiger partial charge in [-0.1, -0.05) is 12.1 Å². The molecule has 27 heavy (non-hydrogen) atoms. The first-order chi connectivity index (χ1) is 12.6. The number of thioether (sulfide) groups is 1. The summed E-state index contributed by atoms with van der Waals surface area (Å²) in [5, 5.41) is 0. The Hall–Kier alpha value is -1.59. The van der Waals surface area contributed by atoms with Crippen molar-refractivity contribution in [2.75, 3.05) is 24.7 Å². The third kappa shape index (κ3) is 5.69. The smallest absolute Gasteiger partial charge is 0.398 e. The molecule has 11 heteroatoms.